The van der Waals surface area contributed by atoms with Crippen molar-refractivity contribution in [2.75, 3.05) is 13.4 Å². The zero-order chi connectivity index (χ0) is 11.3. The van der Waals surface area contributed by atoms with Crippen LogP contribution in [-0.4, -0.2) is 29.6 Å². The third-order valence-electron chi connectivity index (χ3n) is 2.20. The number of pyridine rings is 1. The maximum Gasteiger partial charge on any atom is 0.214 e. The molecule has 0 spiro atoms. The van der Waals surface area contributed by atoms with E-state index in [-0.39, 0.29) is 6.10 Å². The van der Waals surface area contributed by atoms with E-state index in [0.29, 0.717) is 12.3 Å². The van der Waals surface area contributed by atoms with Crippen LogP contribution in [0, 0.1) is 0 Å². The molecule has 1 rings (SSSR count). The van der Waals surface area contributed by atoms with Gasteiger partial charge in [0, 0.05) is 6.07 Å². The second-order valence-corrected chi connectivity index (χ2v) is 4.15. The standard InChI is InChI=1S/C11H17NO2S/c1-4-9(13)5-8-6-10(14-2)12-11(7-8)15-3/h6-7,9,13H,4-5H2,1-3H3. The SMILES string of the molecule is CCC(O)Cc1cc(OC)nc(SC)c1. The fourth-order valence-electron chi connectivity index (χ4n) is 1.28. The Labute approximate surface area is 94.9 Å². The van der Waals surface area contributed by atoms with Crippen LogP contribution in [0.4, 0.5) is 0 Å². The van der Waals surface area contributed by atoms with Gasteiger partial charge in [0.05, 0.1) is 13.2 Å². The average molecular weight is 227 g/mol. The Morgan fingerprint density at radius 2 is 2.27 bits per heavy atom. The molecule has 0 aliphatic heterocycles. The van der Waals surface area contributed by atoms with Crippen molar-refractivity contribution < 1.29 is 9.84 Å². The molecular formula is C11H17NO2S. The Hall–Kier alpha value is -0.740. The van der Waals surface area contributed by atoms with Crippen LogP contribution in [0.25, 0.3) is 0 Å². The quantitative estimate of drug-likeness (QED) is 0.782. The van der Waals surface area contributed by atoms with Crippen LogP contribution < -0.4 is 4.74 Å². The predicted octanol–water partition coefficient (Wildman–Crippen LogP) is 2.13. The summed E-state index contributed by atoms with van der Waals surface area (Å²) in [4.78, 5) is 4.26. The van der Waals surface area contributed by atoms with E-state index in [9.17, 15) is 5.11 Å². The van der Waals surface area contributed by atoms with Crippen LogP contribution >= 0.6 is 11.8 Å². The number of rotatable bonds is 5. The first kappa shape index (κ1) is 12.3. The van der Waals surface area contributed by atoms with Crippen molar-refractivity contribution in [1.29, 1.82) is 0 Å². The molecule has 0 aromatic carbocycles. The molecule has 0 saturated heterocycles. The highest BCUT2D eigenvalue weighted by molar-refractivity contribution is 7.98. The summed E-state index contributed by atoms with van der Waals surface area (Å²) in [6.07, 6.45) is 3.11. The van der Waals surface area contributed by atoms with Crippen molar-refractivity contribution in [3.63, 3.8) is 0 Å². The Morgan fingerprint density at radius 3 is 2.80 bits per heavy atom. The molecule has 0 aliphatic rings. The number of thioether (sulfide) groups is 1. The molecule has 1 N–H and O–H groups in total. The molecular weight excluding hydrogens is 210 g/mol. The maximum atomic E-state index is 9.57. The molecule has 1 aromatic heterocycles. The molecule has 0 amide bonds. The van der Waals surface area contributed by atoms with Gasteiger partial charge in [0.15, 0.2) is 0 Å². The molecule has 0 aliphatic carbocycles. The number of nitrogens with zero attached hydrogens (tertiary/aromatic N) is 1. The van der Waals surface area contributed by atoms with Gasteiger partial charge in [0.25, 0.3) is 0 Å². The van der Waals surface area contributed by atoms with Crippen LogP contribution in [0.3, 0.4) is 0 Å². The molecule has 1 atom stereocenters. The van der Waals surface area contributed by atoms with Crippen molar-refractivity contribution in [1.82, 2.24) is 4.98 Å². The smallest absolute Gasteiger partial charge is 0.214 e. The van der Waals surface area contributed by atoms with E-state index in [1.807, 2.05) is 25.3 Å². The Morgan fingerprint density at radius 1 is 1.53 bits per heavy atom. The summed E-state index contributed by atoms with van der Waals surface area (Å²) in [6, 6.07) is 3.87. The minimum Gasteiger partial charge on any atom is -0.481 e. The Bertz CT molecular complexity index is 295. The Kier molecular flexibility index (Phi) is 4.91. The zero-order valence-electron chi connectivity index (χ0n) is 9.36. The van der Waals surface area contributed by atoms with Gasteiger partial charge < -0.3 is 9.84 Å². The minimum atomic E-state index is -0.285. The molecule has 15 heavy (non-hydrogen) atoms. The fourth-order valence-corrected chi connectivity index (χ4v) is 1.73. The van der Waals surface area contributed by atoms with Crippen molar-refractivity contribution in [2.45, 2.75) is 30.9 Å². The molecule has 1 aromatic rings. The first-order chi connectivity index (χ1) is 7.19. The van der Waals surface area contributed by atoms with Crippen molar-refractivity contribution in [3.05, 3.63) is 17.7 Å². The third-order valence-corrected chi connectivity index (χ3v) is 2.83. The molecule has 0 saturated carbocycles. The monoisotopic (exact) mass is 227 g/mol. The van der Waals surface area contributed by atoms with Crippen LogP contribution in [0.15, 0.2) is 17.2 Å². The second kappa shape index (κ2) is 5.98. The summed E-state index contributed by atoms with van der Waals surface area (Å²) < 4.78 is 5.11. The molecule has 0 radical (unpaired) electrons. The summed E-state index contributed by atoms with van der Waals surface area (Å²) in [5.41, 5.74) is 1.07. The van der Waals surface area contributed by atoms with Gasteiger partial charge in [-0.15, -0.1) is 11.8 Å². The number of hydrogen-bond donors (Lipinski definition) is 1. The number of methoxy groups -OCH3 is 1. The number of hydrogen-bond acceptors (Lipinski definition) is 4. The largest absolute Gasteiger partial charge is 0.481 e. The lowest BCUT2D eigenvalue weighted by atomic mass is 10.1. The van der Waals surface area contributed by atoms with Crippen molar-refractivity contribution in [2.24, 2.45) is 0 Å². The van der Waals surface area contributed by atoms with Crippen molar-refractivity contribution in [3.8, 4) is 5.88 Å². The summed E-state index contributed by atoms with van der Waals surface area (Å²) in [5.74, 6) is 0.611. The summed E-state index contributed by atoms with van der Waals surface area (Å²) in [6.45, 7) is 1.97. The Balaban J connectivity index is 2.86. The molecule has 3 nitrogen and oxygen atoms in total. The summed E-state index contributed by atoms with van der Waals surface area (Å²) >= 11 is 1.57. The topological polar surface area (TPSA) is 42.4 Å². The number of aliphatic hydroxyl groups excluding tert-OH is 1. The fraction of sp³-hybridized carbons (Fsp3) is 0.545. The van der Waals surface area contributed by atoms with Gasteiger partial charge in [-0.1, -0.05) is 6.92 Å². The molecule has 84 valence electrons. The van der Waals surface area contributed by atoms with Gasteiger partial charge in [0.2, 0.25) is 5.88 Å². The van der Waals surface area contributed by atoms with Gasteiger partial charge >= 0.3 is 0 Å². The molecule has 0 fully saturated rings. The first-order valence-electron chi connectivity index (χ1n) is 4.96. The summed E-state index contributed by atoms with van der Waals surface area (Å²) in [5, 5.41) is 10.5. The maximum absolute atomic E-state index is 9.57. The van der Waals surface area contributed by atoms with E-state index in [1.54, 1.807) is 18.9 Å². The summed E-state index contributed by atoms with van der Waals surface area (Å²) in [7, 11) is 1.60. The average Bonchev–Trinajstić information content (AvgIpc) is 2.28. The first-order valence-corrected chi connectivity index (χ1v) is 6.19. The van der Waals surface area contributed by atoms with Crippen LogP contribution in [0.1, 0.15) is 18.9 Å². The van der Waals surface area contributed by atoms with Crippen LogP contribution in [-0.2, 0) is 6.42 Å². The lowest BCUT2D eigenvalue weighted by Crippen LogP contribution is -2.08. The van der Waals surface area contributed by atoms with Gasteiger partial charge in [-0.2, -0.15) is 0 Å². The predicted molar refractivity (Wildman–Crippen MR) is 62.6 cm³/mol. The van der Waals surface area contributed by atoms with E-state index in [1.165, 1.54) is 0 Å². The highest BCUT2D eigenvalue weighted by Crippen LogP contribution is 2.20. The highest BCUT2D eigenvalue weighted by atomic mass is 32.2. The minimum absolute atomic E-state index is 0.285. The second-order valence-electron chi connectivity index (χ2n) is 3.33. The van der Waals surface area contributed by atoms with E-state index < -0.39 is 0 Å². The van der Waals surface area contributed by atoms with Gasteiger partial charge in [-0.05, 0) is 30.7 Å². The number of aromatic nitrogens is 1. The number of aliphatic hydroxyl groups is 1. The molecule has 0 bridgehead atoms. The molecule has 4 heteroatoms. The lowest BCUT2D eigenvalue weighted by molar-refractivity contribution is 0.170. The van der Waals surface area contributed by atoms with E-state index in [2.05, 4.69) is 4.98 Å². The molecule has 1 unspecified atom stereocenters. The van der Waals surface area contributed by atoms with Gasteiger partial charge in [0.1, 0.15) is 5.03 Å². The van der Waals surface area contributed by atoms with Crippen LogP contribution in [0.2, 0.25) is 0 Å². The number of ether oxygens (including phenoxy) is 1. The van der Waals surface area contributed by atoms with Gasteiger partial charge in [-0.3, -0.25) is 0 Å². The van der Waals surface area contributed by atoms with Crippen LogP contribution in [0.5, 0.6) is 5.88 Å². The van der Waals surface area contributed by atoms with Crippen molar-refractivity contribution >= 4 is 11.8 Å². The third kappa shape index (κ3) is 3.72. The normalized spacial score (nSPS) is 12.5. The lowest BCUT2D eigenvalue weighted by Gasteiger charge is -2.10. The van der Waals surface area contributed by atoms with Gasteiger partial charge in [-0.25, -0.2) is 4.98 Å². The van der Waals surface area contributed by atoms with E-state index >= 15 is 0 Å². The van der Waals surface area contributed by atoms with E-state index in [4.69, 9.17) is 4.74 Å². The zero-order valence-corrected chi connectivity index (χ0v) is 10.2. The van der Waals surface area contributed by atoms with E-state index in [0.717, 1.165) is 17.0 Å². The highest BCUT2D eigenvalue weighted by Gasteiger charge is 2.06. The molecule has 1 heterocycles.